The lowest BCUT2D eigenvalue weighted by molar-refractivity contribution is 0.0603. The molecule has 172 valence electrons. The number of esters is 1. The van der Waals surface area contributed by atoms with E-state index in [4.69, 9.17) is 28.6 Å². The molecule has 2 heterocycles. The Labute approximate surface area is 208 Å². The maximum Gasteiger partial charge on any atom is 0.341 e. The maximum atomic E-state index is 12.7. The van der Waals surface area contributed by atoms with Crippen LogP contribution in [0.2, 0.25) is 5.02 Å². The van der Waals surface area contributed by atoms with Crippen molar-refractivity contribution in [2.75, 3.05) is 38.6 Å². The Morgan fingerprint density at radius 1 is 1.09 bits per heavy atom. The minimum Gasteiger partial charge on any atom is -0.465 e. The third-order valence-corrected chi connectivity index (χ3v) is 7.37. The molecule has 0 radical (unpaired) electrons. The fraction of sp³-hybridized carbons (Fsp3) is 0.280. The molecule has 3 aromatic rings. The van der Waals surface area contributed by atoms with Crippen molar-refractivity contribution in [3.63, 3.8) is 0 Å². The molecule has 0 aliphatic carbocycles. The Bertz CT molecular complexity index is 1120. The minimum absolute atomic E-state index is 0.365. The van der Waals surface area contributed by atoms with Gasteiger partial charge in [0.2, 0.25) is 0 Å². The topological polar surface area (TPSA) is 44.8 Å². The van der Waals surface area contributed by atoms with Crippen LogP contribution in [0.5, 0.6) is 0 Å². The van der Waals surface area contributed by atoms with Crippen LogP contribution in [0, 0.1) is 6.92 Å². The fourth-order valence-corrected chi connectivity index (χ4v) is 5.55. The van der Waals surface area contributed by atoms with Gasteiger partial charge in [0.05, 0.1) is 7.11 Å². The summed E-state index contributed by atoms with van der Waals surface area (Å²) >= 11 is 13.2. The number of hydrogen-bond acceptors (Lipinski definition) is 5. The van der Waals surface area contributed by atoms with Gasteiger partial charge in [-0.15, -0.1) is 11.3 Å². The van der Waals surface area contributed by atoms with E-state index < -0.39 is 0 Å². The first-order valence-corrected chi connectivity index (χ1v) is 12.4. The molecule has 1 N–H and O–H groups in total. The number of halogens is 1. The number of carbonyl (C=O) groups is 1. The molecule has 33 heavy (non-hydrogen) atoms. The van der Waals surface area contributed by atoms with Crippen LogP contribution >= 0.6 is 35.2 Å². The molecule has 1 saturated heterocycles. The molecule has 1 aliphatic rings. The number of nitrogens with zero attached hydrogens (tertiary/aromatic N) is 2. The molecule has 4 rings (SSSR count). The minimum atomic E-state index is -0.365. The predicted molar refractivity (Wildman–Crippen MR) is 140 cm³/mol. The lowest BCUT2D eigenvalue weighted by Crippen LogP contribution is -2.49. The van der Waals surface area contributed by atoms with E-state index in [1.165, 1.54) is 24.0 Å². The fourth-order valence-electron chi connectivity index (χ4n) is 4.02. The molecular weight excluding hydrogens is 474 g/mol. The van der Waals surface area contributed by atoms with Crippen LogP contribution in [-0.4, -0.2) is 54.2 Å². The van der Waals surface area contributed by atoms with Crippen LogP contribution in [0.25, 0.3) is 11.1 Å². The second-order valence-corrected chi connectivity index (χ2v) is 9.96. The van der Waals surface area contributed by atoms with Gasteiger partial charge in [-0.2, -0.15) is 0 Å². The Balaban J connectivity index is 1.44. The lowest BCUT2D eigenvalue weighted by atomic mass is 10.0. The highest BCUT2D eigenvalue weighted by molar-refractivity contribution is 7.80. The number of anilines is 1. The molecule has 0 unspecified atom stereocenters. The van der Waals surface area contributed by atoms with Crippen molar-refractivity contribution in [3.05, 3.63) is 75.6 Å². The number of rotatable bonds is 5. The first-order chi connectivity index (χ1) is 16.0. The van der Waals surface area contributed by atoms with E-state index in [-0.39, 0.29) is 5.97 Å². The standard InChI is InChI=1S/C25H26ClN3O2S2/c1-17-21(19-6-4-3-5-7-19)22(24(30)31-2)23(33-17)27-25(32)29-14-12-28(13-15-29)16-18-8-10-20(26)11-9-18/h3-11H,12-16H2,1-2H3,(H,27,32). The van der Waals surface area contributed by atoms with Gasteiger partial charge in [-0.3, -0.25) is 4.90 Å². The van der Waals surface area contributed by atoms with Crippen LogP contribution in [0.3, 0.4) is 0 Å². The van der Waals surface area contributed by atoms with Gasteiger partial charge in [-0.05, 0) is 42.4 Å². The molecule has 0 spiro atoms. The van der Waals surface area contributed by atoms with Crippen molar-refractivity contribution < 1.29 is 9.53 Å². The smallest absolute Gasteiger partial charge is 0.341 e. The Hall–Kier alpha value is -2.45. The number of nitrogens with one attached hydrogen (secondary N) is 1. The van der Waals surface area contributed by atoms with Gasteiger partial charge in [-0.1, -0.05) is 54.1 Å². The van der Waals surface area contributed by atoms with Gasteiger partial charge in [-0.25, -0.2) is 4.79 Å². The summed E-state index contributed by atoms with van der Waals surface area (Å²) in [5, 5.41) is 5.45. The highest BCUT2D eigenvalue weighted by Crippen LogP contribution is 2.40. The summed E-state index contributed by atoms with van der Waals surface area (Å²) in [6.07, 6.45) is 0. The Morgan fingerprint density at radius 3 is 2.39 bits per heavy atom. The van der Waals surface area contributed by atoms with Crippen LogP contribution in [0.1, 0.15) is 20.8 Å². The summed E-state index contributed by atoms with van der Waals surface area (Å²) in [5.74, 6) is -0.365. The van der Waals surface area contributed by atoms with Gasteiger partial charge >= 0.3 is 5.97 Å². The highest BCUT2D eigenvalue weighted by atomic mass is 35.5. The molecule has 1 aromatic heterocycles. The number of thiocarbonyl (C=S) groups is 1. The van der Waals surface area contributed by atoms with Crippen molar-refractivity contribution in [2.45, 2.75) is 13.5 Å². The Kier molecular flexibility index (Phi) is 7.65. The number of aryl methyl sites for hydroxylation is 1. The van der Waals surface area contributed by atoms with Crippen LogP contribution in [0.4, 0.5) is 5.00 Å². The third-order valence-electron chi connectivity index (χ3n) is 5.74. The molecule has 1 fully saturated rings. The third kappa shape index (κ3) is 5.55. The van der Waals surface area contributed by atoms with E-state index in [9.17, 15) is 4.79 Å². The van der Waals surface area contributed by atoms with Crippen molar-refractivity contribution in [2.24, 2.45) is 0 Å². The number of piperazine rings is 1. The summed E-state index contributed by atoms with van der Waals surface area (Å²) in [7, 11) is 1.41. The summed E-state index contributed by atoms with van der Waals surface area (Å²) in [6, 6.07) is 17.9. The van der Waals surface area contributed by atoms with E-state index in [1.807, 2.05) is 49.4 Å². The number of methoxy groups -OCH3 is 1. The SMILES string of the molecule is COC(=O)c1c(NC(=S)N2CCN(Cc3ccc(Cl)cc3)CC2)sc(C)c1-c1ccccc1. The zero-order valence-electron chi connectivity index (χ0n) is 18.6. The molecule has 8 heteroatoms. The second kappa shape index (κ2) is 10.7. The maximum absolute atomic E-state index is 12.7. The molecule has 0 saturated carbocycles. The van der Waals surface area contributed by atoms with Gasteiger partial charge < -0.3 is 15.0 Å². The number of carbonyl (C=O) groups excluding carboxylic acids is 1. The summed E-state index contributed by atoms with van der Waals surface area (Å²) in [4.78, 5) is 18.3. The zero-order chi connectivity index (χ0) is 23.4. The molecule has 0 amide bonds. The van der Waals surface area contributed by atoms with Crippen LogP contribution in [-0.2, 0) is 11.3 Å². The van der Waals surface area contributed by atoms with Crippen molar-refractivity contribution in [1.82, 2.24) is 9.80 Å². The van der Waals surface area contributed by atoms with E-state index >= 15 is 0 Å². The summed E-state index contributed by atoms with van der Waals surface area (Å²) in [5.41, 5.74) is 3.67. The summed E-state index contributed by atoms with van der Waals surface area (Å²) in [6.45, 7) is 6.37. The van der Waals surface area contributed by atoms with Gasteiger partial charge in [0, 0.05) is 48.2 Å². The van der Waals surface area contributed by atoms with E-state index in [0.29, 0.717) is 10.7 Å². The summed E-state index contributed by atoms with van der Waals surface area (Å²) < 4.78 is 5.11. The lowest BCUT2D eigenvalue weighted by Gasteiger charge is -2.36. The zero-order valence-corrected chi connectivity index (χ0v) is 21.0. The van der Waals surface area contributed by atoms with Gasteiger partial charge in [0.25, 0.3) is 0 Å². The normalized spacial score (nSPS) is 14.2. The molecule has 0 bridgehead atoms. The van der Waals surface area contributed by atoms with Crippen LogP contribution < -0.4 is 5.32 Å². The molecule has 0 atom stereocenters. The number of thiophene rings is 1. The Morgan fingerprint density at radius 2 is 1.76 bits per heavy atom. The number of ether oxygens (including phenoxy) is 1. The van der Waals surface area contributed by atoms with Crippen molar-refractivity contribution >= 4 is 51.2 Å². The van der Waals surface area contributed by atoms with Gasteiger partial charge in [0.1, 0.15) is 10.6 Å². The molecular formula is C25H26ClN3O2S2. The average Bonchev–Trinajstić information content (AvgIpc) is 3.16. The first kappa shape index (κ1) is 23.7. The van der Waals surface area contributed by atoms with Crippen molar-refractivity contribution in [1.29, 1.82) is 0 Å². The average molecular weight is 500 g/mol. The quantitative estimate of drug-likeness (QED) is 0.360. The van der Waals surface area contributed by atoms with Gasteiger partial charge in [0.15, 0.2) is 5.11 Å². The molecule has 1 aliphatic heterocycles. The number of benzene rings is 2. The van der Waals surface area contributed by atoms with Crippen LogP contribution in [0.15, 0.2) is 54.6 Å². The number of hydrogen-bond donors (Lipinski definition) is 1. The monoisotopic (exact) mass is 499 g/mol. The molecule has 5 nitrogen and oxygen atoms in total. The highest BCUT2D eigenvalue weighted by Gasteiger charge is 2.26. The van der Waals surface area contributed by atoms with Crippen molar-refractivity contribution in [3.8, 4) is 11.1 Å². The predicted octanol–water partition coefficient (Wildman–Crippen LogP) is 5.68. The largest absolute Gasteiger partial charge is 0.465 e. The second-order valence-electron chi connectivity index (χ2n) is 7.91. The van der Waals surface area contributed by atoms with E-state index in [1.54, 1.807) is 0 Å². The first-order valence-electron chi connectivity index (χ1n) is 10.8. The molecule has 2 aromatic carbocycles. The van der Waals surface area contributed by atoms with E-state index in [2.05, 4.69) is 27.2 Å². The van der Waals surface area contributed by atoms with E-state index in [0.717, 1.165) is 58.8 Å².